The molecule has 0 saturated carbocycles. The number of methoxy groups -OCH3 is 1. The molecular formula is C26H26N4O5S. The van der Waals surface area contributed by atoms with Crippen molar-refractivity contribution in [1.29, 1.82) is 5.26 Å². The summed E-state index contributed by atoms with van der Waals surface area (Å²) in [5, 5.41) is 10.6. The number of rotatable bonds is 9. The van der Waals surface area contributed by atoms with E-state index in [0.717, 1.165) is 10.9 Å². The number of benzene rings is 3. The number of sulfonamides is 1. The van der Waals surface area contributed by atoms with Gasteiger partial charge in [0.05, 0.1) is 29.6 Å². The molecule has 1 saturated heterocycles. The van der Waals surface area contributed by atoms with E-state index in [0.29, 0.717) is 41.8 Å². The molecule has 9 nitrogen and oxygen atoms in total. The van der Waals surface area contributed by atoms with E-state index in [4.69, 9.17) is 15.7 Å². The van der Waals surface area contributed by atoms with E-state index in [9.17, 15) is 18.0 Å². The Bertz CT molecular complexity index is 1480. The molecule has 0 unspecified atom stereocenters. The van der Waals surface area contributed by atoms with E-state index >= 15 is 0 Å². The second-order valence-electron chi connectivity index (χ2n) is 8.63. The van der Waals surface area contributed by atoms with Gasteiger partial charge >= 0.3 is 0 Å². The third-order valence-corrected chi connectivity index (χ3v) is 7.75. The highest BCUT2D eigenvalue weighted by molar-refractivity contribution is 7.89. The maximum atomic E-state index is 13.4. The smallest absolute Gasteiger partial charge is 0.240 e. The molecule has 1 fully saturated rings. The Labute approximate surface area is 209 Å². The number of carbonyl (C=O) groups excluding carboxylic acids is 2. The number of primary amides is 1. The number of nitrogens with two attached hydrogens (primary N) is 1. The molecule has 0 spiro atoms. The average molecular weight is 507 g/mol. The van der Waals surface area contributed by atoms with Crippen LogP contribution in [0.2, 0.25) is 0 Å². The van der Waals surface area contributed by atoms with Crippen LogP contribution >= 0.6 is 0 Å². The molecule has 1 aliphatic rings. The van der Waals surface area contributed by atoms with Gasteiger partial charge in [0.1, 0.15) is 5.75 Å². The fourth-order valence-corrected chi connectivity index (χ4v) is 5.75. The van der Waals surface area contributed by atoms with Gasteiger partial charge < -0.3 is 15.4 Å². The fraction of sp³-hybridized carbons (Fsp3) is 0.269. The molecule has 3 aromatic carbocycles. The molecule has 1 heterocycles. The van der Waals surface area contributed by atoms with Crippen LogP contribution in [0.4, 0.5) is 0 Å². The minimum Gasteiger partial charge on any atom is -0.497 e. The topological polar surface area (TPSA) is 143 Å². The number of likely N-dealkylation sites (tertiary alicyclic amines) is 1. The lowest BCUT2D eigenvalue weighted by Gasteiger charge is -2.19. The van der Waals surface area contributed by atoms with Crippen LogP contribution in [0.3, 0.4) is 0 Å². The number of hydrogen-bond acceptors (Lipinski definition) is 6. The van der Waals surface area contributed by atoms with E-state index in [-0.39, 0.29) is 23.8 Å². The van der Waals surface area contributed by atoms with Crippen molar-refractivity contribution in [1.82, 2.24) is 9.62 Å². The number of fused-ring (bicyclic) bond motifs is 1. The molecule has 4 rings (SSSR count). The summed E-state index contributed by atoms with van der Waals surface area (Å²) in [6.07, 6.45) is 0.302. The van der Waals surface area contributed by atoms with E-state index in [2.05, 4.69) is 10.8 Å². The molecule has 0 bridgehead atoms. The molecule has 186 valence electrons. The minimum absolute atomic E-state index is 0.0144. The van der Waals surface area contributed by atoms with Gasteiger partial charge in [-0.15, -0.1) is 0 Å². The maximum absolute atomic E-state index is 13.4. The van der Waals surface area contributed by atoms with Crippen molar-refractivity contribution < 1.29 is 22.7 Å². The van der Waals surface area contributed by atoms with Crippen molar-refractivity contribution in [3.05, 3.63) is 71.3 Å². The van der Waals surface area contributed by atoms with E-state index < -0.39 is 21.8 Å². The SMILES string of the molecule is COc1ccc2cc([C@@H]3CCN(Cc4cccc(C#N)c4)C3=O)c(S(=O)(=O)NCCC(N)=O)cc2c1. The summed E-state index contributed by atoms with van der Waals surface area (Å²) in [4.78, 5) is 26.2. The number of ether oxygens (including phenoxy) is 1. The number of nitrogens with one attached hydrogen (secondary N) is 1. The summed E-state index contributed by atoms with van der Waals surface area (Å²) in [7, 11) is -2.52. The van der Waals surface area contributed by atoms with Gasteiger partial charge in [0, 0.05) is 26.1 Å². The first-order valence-electron chi connectivity index (χ1n) is 11.4. The van der Waals surface area contributed by atoms with Gasteiger partial charge in [0.2, 0.25) is 21.8 Å². The first-order chi connectivity index (χ1) is 17.2. The highest BCUT2D eigenvalue weighted by Crippen LogP contribution is 2.37. The summed E-state index contributed by atoms with van der Waals surface area (Å²) >= 11 is 0. The molecule has 0 radical (unpaired) electrons. The predicted molar refractivity (Wildman–Crippen MR) is 133 cm³/mol. The molecule has 1 atom stereocenters. The van der Waals surface area contributed by atoms with Gasteiger partial charge in [0.15, 0.2) is 0 Å². The van der Waals surface area contributed by atoms with Crippen LogP contribution in [0.15, 0.2) is 59.5 Å². The van der Waals surface area contributed by atoms with E-state index in [1.54, 1.807) is 41.3 Å². The van der Waals surface area contributed by atoms with E-state index in [1.165, 1.54) is 13.2 Å². The average Bonchev–Trinajstić information content (AvgIpc) is 3.22. The standard InChI is InChI=1S/C26H26N4O5S/c1-35-21-6-5-19-13-23(24(14-20(19)12-21)36(33,34)29-9-7-25(28)31)22-8-10-30(26(22)32)16-18-4-2-3-17(11-18)15-27/h2-6,11-14,22,29H,7-10,16H2,1H3,(H2,28,31)/t22-/m0/s1. The van der Waals surface area contributed by atoms with Crippen LogP contribution in [0.5, 0.6) is 5.75 Å². The minimum atomic E-state index is -4.05. The first kappa shape index (κ1) is 25.2. The fourth-order valence-electron chi connectivity index (χ4n) is 4.43. The lowest BCUT2D eigenvalue weighted by atomic mass is 9.95. The Balaban J connectivity index is 1.71. The zero-order valence-corrected chi connectivity index (χ0v) is 20.5. The zero-order valence-electron chi connectivity index (χ0n) is 19.7. The summed E-state index contributed by atoms with van der Waals surface area (Å²) in [6, 6.07) is 17.7. The molecule has 0 aliphatic carbocycles. The summed E-state index contributed by atoms with van der Waals surface area (Å²) in [6.45, 7) is 0.636. The van der Waals surface area contributed by atoms with Gasteiger partial charge in [-0.25, -0.2) is 13.1 Å². The van der Waals surface area contributed by atoms with Crippen LogP contribution in [0.1, 0.15) is 35.4 Å². The molecule has 1 aliphatic heterocycles. The third-order valence-electron chi connectivity index (χ3n) is 6.23. The number of amides is 2. The molecule has 10 heteroatoms. The second kappa shape index (κ2) is 10.4. The molecule has 2 amide bonds. The molecular weight excluding hydrogens is 480 g/mol. The Kier molecular flexibility index (Phi) is 7.24. The van der Waals surface area contributed by atoms with E-state index in [1.807, 2.05) is 12.1 Å². The number of nitrogens with zero attached hydrogens (tertiary/aromatic N) is 2. The first-order valence-corrected chi connectivity index (χ1v) is 12.9. The summed E-state index contributed by atoms with van der Waals surface area (Å²) in [5.74, 6) is -0.886. The van der Waals surface area contributed by atoms with Crippen molar-refractivity contribution in [2.45, 2.75) is 30.2 Å². The number of nitriles is 1. The highest BCUT2D eigenvalue weighted by Gasteiger charge is 2.36. The lowest BCUT2D eigenvalue weighted by molar-refractivity contribution is -0.129. The van der Waals surface area contributed by atoms with Gasteiger partial charge in [-0.05, 0) is 64.7 Å². The molecule has 36 heavy (non-hydrogen) atoms. The van der Waals surface area contributed by atoms with Crippen LogP contribution in [0, 0.1) is 11.3 Å². The van der Waals surface area contributed by atoms with Crippen molar-refractivity contribution in [2.75, 3.05) is 20.2 Å². The Morgan fingerprint density at radius 2 is 2.00 bits per heavy atom. The zero-order chi connectivity index (χ0) is 25.9. The normalized spacial score (nSPS) is 15.7. The highest BCUT2D eigenvalue weighted by atomic mass is 32.2. The second-order valence-corrected chi connectivity index (χ2v) is 10.4. The van der Waals surface area contributed by atoms with Gasteiger partial charge in [-0.1, -0.05) is 18.2 Å². The van der Waals surface area contributed by atoms with Crippen molar-refractivity contribution >= 4 is 32.6 Å². The van der Waals surface area contributed by atoms with Crippen LogP contribution in [-0.4, -0.2) is 45.3 Å². The van der Waals surface area contributed by atoms with Crippen LogP contribution in [-0.2, 0) is 26.2 Å². The van der Waals surface area contributed by atoms with Crippen molar-refractivity contribution in [2.24, 2.45) is 5.73 Å². The summed E-state index contributed by atoms with van der Waals surface area (Å²) < 4.78 is 34.3. The Morgan fingerprint density at radius 1 is 1.19 bits per heavy atom. The molecule has 0 aromatic heterocycles. The van der Waals surface area contributed by atoms with Crippen LogP contribution in [0.25, 0.3) is 10.8 Å². The predicted octanol–water partition coefficient (Wildman–Crippen LogP) is 2.39. The van der Waals surface area contributed by atoms with Crippen molar-refractivity contribution in [3.63, 3.8) is 0 Å². The maximum Gasteiger partial charge on any atom is 0.240 e. The monoisotopic (exact) mass is 506 g/mol. The van der Waals surface area contributed by atoms with Crippen LogP contribution < -0.4 is 15.2 Å². The molecule has 3 aromatic rings. The van der Waals surface area contributed by atoms with Crippen molar-refractivity contribution in [3.8, 4) is 11.8 Å². The Hall–Kier alpha value is -3.94. The van der Waals surface area contributed by atoms with Gasteiger partial charge in [-0.2, -0.15) is 5.26 Å². The lowest BCUT2D eigenvalue weighted by Crippen LogP contribution is -2.30. The summed E-state index contributed by atoms with van der Waals surface area (Å²) in [5.41, 5.74) is 6.89. The van der Waals surface area contributed by atoms with Gasteiger partial charge in [-0.3, -0.25) is 9.59 Å². The quantitative estimate of drug-likeness (QED) is 0.456. The third kappa shape index (κ3) is 5.32. The van der Waals surface area contributed by atoms with Gasteiger partial charge in [0.25, 0.3) is 0 Å². The Morgan fingerprint density at radius 3 is 2.72 bits per heavy atom. The largest absolute Gasteiger partial charge is 0.497 e. The number of carbonyl (C=O) groups is 2. The molecule has 3 N–H and O–H groups in total. The number of hydrogen-bond donors (Lipinski definition) is 2.